The number of thioether (sulfide) groups is 1. The Labute approximate surface area is 85.2 Å². The van der Waals surface area contributed by atoms with Crippen molar-refractivity contribution in [3.63, 3.8) is 0 Å². The minimum Gasteiger partial charge on any atom is -0.481 e. The normalized spacial score (nSPS) is 12.7. The Morgan fingerprint density at radius 1 is 1.85 bits per heavy atom. The van der Waals surface area contributed by atoms with Gasteiger partial charge in [-0.15, -0.1) is 11.3 Å². The van der Waals surface area contributed by atoms with Gasteiger partial charge in [0.05, 0.1) is 17.6 Å². The van der Waals surface area contributed by atoms with Crippen LogP contribution in [0.1, 0.15) is 19.0 Å². The van der Waals surface area contributed by atoms with Crippen LogP contribution < -0.4 is 0 Å². The molecule has 1 heterocycles. The number of carboxylic acids is 1. The highest BCUT2D eigenvalue weighted by Gasteiger charge is 2.08. The first kappa shape index (κ1) is 10.5. The van der Waals surface area contributed by atoms with Crippen molar-refractivity contribution in [3.05, 3.63) is 16.6 Å². The van der Waals surface area contributed by atoms with Crippen molar-refractivity contribution in [1.82, 2.24) is 4.98 Å². The summed E-state index contributed by atoms with van der Waals surface area (Å²) in [6, 6.07) is 0. The van der Waals surface area contributed by atoms with Crippen molar-refractivity contribution in [2.24, 2.45) is 0 Å². The van der Waals surface area contributed by atoms with Crippen LogP contribution in [-0.4, -0.2) is 21.3 Å². The first-order valence-electron chi connectivity index (χ1n) is 3.89. The van der Waals surface area contributed by atoms with E-state index in [0.29, 0.717) is 0 Å². The molecule has 1 aromatic rings. The SMILES string of the molecule is CC(CC(=O)O)SCc1cscn1. The number of carbonyl (C=O) groups is 1. The highest BCUT2D eigenvalue weighted by Crippen LogP contribution is 2.19. The summed E-state index contributed by atoms with van der Waals surface area (Å²) in [5.74, 6) is 0.0658. The maximum Gasteiger partial charge on any atom is 0.304 e. The highest BCUT2D eigenvalue weighted by molar-refractivity contribution is 7.99. The zero-order chi connectivity index (χ0) is 9.68. The molecule has 1 rings (SSSR count). The van der Waals surface area contributed by atoms with Crippen LogP contribution in [0.2, 0.25) is 0 Å². The van der Waals surface area contributed by atoms with Crippen LogP contribution in [0.4, 0.5) is 0 Å². The standard InChI is InChI=1S/C8H11NO2S2/c1-6(2-8(10)11)13-4-7-3-12-5-9-7/h3,5-6H,2,4H2,1H3,(H,10,11). The number of carboxylic acid groups (broad SMARTS) is 1. The van der Waals surface area contributed by atoms with E-state index in [1.165, 1.54) is 0 Å². The summed E-state index contributed by atoms with van der Waals surface area (Å²) in [7, 11) is 0. The van der Waals surface area contributed by atoms with Gasteiger partial charge in [0.15, 0.2) is 0 Å². The lowest BCUT2D eigenvalue weighted by molar-refractivity contribution is -0.136. The topological polar surface area (TPSA) is 50.2 Å². The van der Waals surface area contributed by atoms with E-state index < -0.39 is 5.97 Å². The average molecular weight is 217 g/mol. The van der Waals surface area contributed by atoms with Gasteiger partial charge in [-0.3, -0.25) is 4.79 Å². The molecule has 1 aromatic heterocycles. The Balaban J connectivity index is 2.22. The minimum atomic E-state index is -0.738. The molecule has 0 aliphatic heterocycles. The summed E-state index contributed by atoms with van der Waals surface area (Å²) in [5.41, 5.74) is 2.82. The molecule has 5 heteroatoms. The van der Waals surface area contributed by atoms with E-state index in [9.17, 15) is 4.79 Å². The van der Waals surface area contributed by atoms with Crippen molar-refractivity contribution >= 4 is 29.1 Å². The van der Waals surface area contributed by atoms with Crippen molar-refractivity contribution in [1.29, 1.82) is 0 Å². The van der Waals surface area contributed by atoms with Gasteiger partial charge in [-0.05, 0) is 0 Å². The van der Waals surface area contributed by atoms with Gasteiger partial charge < -0.3 is 5.11 Å². The molecule has 0 saturated carbocycles. The third kappa shape index (κ3) is 4.28. The quantitative estimate of drug-likeness (QED) is 0.821. The van der Waals surface area contributed by atoms with Gasteiger partial charge in [-0.25, -0.2) is 4.98 Å². The van der Waals surface area contributed by atoms with Gasteiger partial charge in [0.1, 0.15) is 0 Å². The molecule has 0 bridgehead atoms. The molecule has 0 radical (unpaired) electrons. The average Bonchev–Trinajstić information content (AvgIpc) is 2.51. The second kappa shape index (κ2) is 5.24. The number of nitrogens with zero attached hydrogens (tertiary/aromatic N) is 1. The molecule has 0 aromatic carbocycles. The maximum atomic E-state index is 10.3. The lowest BCUT2D eigenvalue weighted by Crippen LogP contribution is -2.05. The zero-order valence-electron chi connectivity index (χ0n) is 7.27. The van der Waals surface area contributed by atoms with Crippen molar-refractivity contribution in [2.75, 3.05) is 0 Å². The molecule has 1 unspecified atom stereocenters. The Hall–Kier alpha value is -0.550. The monoisotopic (exact) mass is 217 g/mol. The molecule has 3 nitrogen and oxygen atoms in total. The highest BCUT2D eigenvalue weighted by atomic mass is 32.2. The number of thiazole rings is 1. The summed E-state index contributed by atoms with van der Waals surface area (Å²) >= 11 is 3.19. The number of rotatable bonds is 5. The van der Waals surface area contributed by atoms with Crippen LogP contribution in [0.15, 0.2) is 10.9 Å². The smallest absolute Gasteiger partial charge is 0.304 e. The molecule has 13 heavy (non-hydrogen) atoms. The van der Waals surface area contributed by atoms with E-state index >= 15 is 0 Å². The predicted molar refractivity (Wildman–Crippen MR) is 55.1 cm³/mol. The summed E-state index contributed by atoms with van der Waals surface area (Å²) in [5, 5.41) is 10.7. The molecule has 0 amide bonds. The Morgan fingerprint density at radius 3 is 3.15 bits per heavy atom. The lowest BCUT2D eigenvalue weighted by Gasteiger charge is -2.05. The third-order valence-corrected chi connectivity index (χ3v) is 3.29. The summed E-state index contributed by atoms with van der Waals surface area (Å²) < 4.78 is 0. The molecule has 0 saturated heterocycles. The molecule has 1 atom stereocenters. The fourth-order valence-electron chi connectivity index (χ4n) is 0.841. The molecule has 0 aliphatic carbocycles. The van der Waals surface area contributed by atoms with Gasteiger partial charge in [-0.2, -0.15) is 11.8 Å². The largest absolute Gasteiger partial charge is 0.481 e. The van der Waals surface area contributed by atoms with E-state index in [-0.39, 0.29) is 11.7 Å². The van der Waals surface area contributed by atoms with E-state index in [0.717, 1.165) is 11.4 Å². The second-order valence-electron chi connectivity index (χ2n) is 2.70. The molecule has 0 aliphatic rings. The van der Waals surface area contributed by atoms with Crippen molar-refractivity contribution in [2.45, 2.75) is 24.3 Å². The van der Waals surface area contributed by atoms with Gasteiger partial charge in [0.2, 0.25) is 0 Å². The van der Waals surface area contributed by atoms with E-state index in [2.05, 4.69) is 4.98 Å². The molecule has 72 valence electrons. The lowest BCUT2D eigenvalue weighted by atomic mass is 10.3. The van der Waals surface area contributed by atoms with Gasteiger partial charge in [0, 0.05) is 16.4 Å². The van der Waals surface area contributed by atoms with Crippen LogP contribution in [0.25, 0.3) is 0 Å². The molecular formula is C8H11NO2S2. The summed E-state index contributed by atoms with van der Waals surface area (Å²) in [6.45, 7) is 1.92. The van der Waals surface area contributed by atoms with Crippen LogP contribution in [0.5, 0.6) is 0 Å². The molecule has 0 spiro atoms. The van der Waals surface area contributed by atoms with Gasteiger partial charge >= 0.3 is 5.97 Å². The molecule has 1 N–H and O–H groups in total. The van der Waals surface area contributed by atoms with Crippen LogP contribution in [-0.2, 0) is 10.5 Å². The Bertz CT molecular complexity index is 261. The Kier molecular flexibility index (Phi) is 4.24. The van der Waals surface area contributed by atoms with E-state index in [1.807, 2.05) is 12.3 Å². The summed E-state index contributed by atoms with van der Waals surface area (Å²) in [6.07, 6.45) is 0.217. The second-order valence-corrected chi connectivity index (χ2v) is 4.84. The number of aromatic nitrogens is 1. The maximum absolute atomic E-state index is 10.3. The van der Waals surface area contributed by atoms with Crippen molar-refractivity contribution in [3.8, 4) is 0 Å². The van der Waals surface area contributed by atoms with Crippen LogP contribution >= 0.6 is 23.1 Å². The van der Waals surface area contributed by atoms with Gasteiger partial charge in [0.25, 0.3) is 0 Å². The van der Waals surface area contributed by atoms with Crippen LogP contribution in [0.3, 0.4) is 0 Å². The molecular weight excluding hydrogens is 206 g/mol. The van der Waals surface area contributed by atoms with Crippen LogP contribution in [0, 0.1) is 0 Å². The zero-order valence-corrected chi connectivity index (χ0v) is 8.90. The number of hydrogen-bond donors (Lipinski definition) is 1. The third-order valence-electron chi connectivity index (χ3n) is 1.46. The minimum absolute atomic E-state index is 0.152. The first-order valence-corrected chi connectivity index (χ1v) is 5.88. The van der Waals surface area contributed by atoms with Crippen molar-refractivity contribution < 1.29 is 9.90 Å². The predicted octanol–water partition coefficient (Wildman–Crippen LogP) is 2.24. The van der Waals surface area contributed by atoms with Gasteiger partial charge in [-0.1, -0.05) is 6.92 Å². The molecule has 0 fully saturated rings. The fourth-order valence-corrected chi connectivity index (χ4v) is 2.38. The van der Waals surface area contributed by atoms with E-state index in [1.54, 1.807) is 28.6 Å². The first-order chi connectivity index (χ1) is 6.18. The number of hydrogen-bond acceptors (Lipinski definition) is 4. The summed E-state index contributed by atoms with van der Waals surface area (Å²) in [4.78, 5) is 14.5. The van der Waals surface area contributed by atoms with E-state index in [4.69, 9.17) is 5.11 Å². The number of aliphatic carboxylic acids is 1. The fraction of sp³-hybridized carbons (Fsp3) is 0.500. The Morgan fingerprint density at radius 2 is 2.62 bits per heavy atom.